The fourth-order valence-corrected chi connectivity index (χ4v) is 2.80. The van der Waals surface area contributed by atoms with Crippen LogP contribution in [0.15, 0.2) is 79.1 Å². The number of pyridine rings is 1. The van der Waals surface area contributed by atoms with Gasteiger partial charge in [0.2, 0.25) is 0 Å². The van der Waals surface area contributed by atoms with E-state index in [0.29, 0.717) is 11.3 Å². The molecule has 0 aliphatic heterocycles. The molecular formula is C21H22NO4S+. The minimum atomic E-state index is -3.88. The molecule has 140 valence electrons. The van der Waals surface area contributed by atoms with E-state index in [1.165, 1.54) is 0 Å². The Hall–Kier alpha value is -2.96. The van der Waals surface area contributed by atoms with Crippen LogP contribution in [0.25, 0.3) is 12.2 Å². The maximum atomic E-state index is 10.4. The van der Waals surface area contributed by atoms with Gasteiger partial charge in [0.05, 0.1) is 0 Å². The number of phenolic OH excluding ortho intramolecular Hbond substituents is 1. The predicted octanol–water partition coefficient (Wildman–Crippen LogP) is 3.46. The highest BCUT2D eigenvalue weighted by Crippen LogP contribution is 2.12. The van der Waals surface area contributed by atoms with E-state index in [2.05, 4.69) is 12.1 Å². The second kappa shape index (κ2) is 9.66. The van der Waals surface area contributed by atoms with Crippen molar-refractivity contribution < 1.29 is 22.6 Å². The van der Waals surface area contributed by atoms with Crippen molar-refractivity contribution in [2.75, 3.05) is 0 Å². The van der Waals surface area contributed by atoms with Crippen LogP contribution < -0.4 is 4.57 Å². The highest BCUT2D eigenvalue weighted by atomic mass is 32.2. The molecule has 0 saturated heterocycles. The van der Waals surface area contributed by atoms with Crippen LogP contribution in [0.3, 0.4) is 0 Å². The molecule has 2 aromatic carbocycles. The first-order valence-corrected chi connectivity index (χ1v) is 9.84. The zero-order chi connectivity index (χ0) is 19.7. The number of aromatic nitrogens is 1. The largest absolute Gasteiger partial charge is 0.508 e. The summed E-state index contributed by atoms with van der Waals surface area (Å²) in [6, 6.07) is 19.8. The van der Waals surface area contributed by atoms with Crippen LogP contribution in [-0.4, -0.2) is 18.1 Å². The lowest BCUT2D eigenvalue weighted by atomic mass is 10.1. The highest BCUT2D eigenvalue weighted by Gasteiger charge is 2.04. The van der Waals surface area contributed by atoms with Crippen LogP contribution >= 0.6 is 0 Å². The van der Waals surface area contributed by atoms with E-state index in [-0.39, 0.29) is 5.75 Å². The number of aromatic hydroxyl groups is 1. The maximum absolute atomic E-state index is 10.4. The number of aryl methyl sites for hydroxylation is 1. The molecule has 1 heterocycles. The standard InChI is InChI=1S/C14H13NO.C7H8O3S/c1-15-10-8-13(9-11-15)3-2-12-4-6-14(16)7-5-12;8-11(9,10)6-7-4-2-1-3-5-7/h2-11H,1H3;1-5H,6H2,(H,8,9,10)/p+1. The predicted molar refractivity (Wildman–Crippen MR) is 106 cm³/mol. The molecule has 0 saturated carbocycles. The lowest BCUT2D eigenvalue weighted by molar-refractivity contribution is -0.671. The maximum Gasteiger partial charge on any atom is 0.269 e. The van der Waals surface area contributed by atoms with E-state index in [1.807, 2.05) is 48.3 Å². The van der Waals surface area contributed by atoms with Crippen LogP contribution in [0.5, 0.6) is 5.75 Å². The number of phenols is 1. The molecule has 6 heteroatoms. The minimum Gasteiger partial charge on any atom is -0.508 e. The molecule has 0 unspecified atom stereocenters. The molecule has 27 heavy (non-hydrogen) atoms. The SMILES string of the molecule is C[n+]1ccc(C=Cc2ccc(O)cc2)cc1.O=S(=O)(O)Cc1ccccc1. The van der Waals surface area contributed by atoms with Gasteiger partial charge in [-0.2, -0.15) is 8.42 Å². The monoisotopic (exact) mass is 384 g/mol. The number of benzene rings is 2. The van der Waals surface area contributed by atoms with E-state index >= 15 is 0 Å². The summed E-state index contributed by atoms with van der Waals surface area (Å²) in [4.78, 5) is 0. The fourth-order valence-electron chi connectivity index (χ4n) is 2.19. The van der Waals surface area contributed by atoms with Gasteiger partial charge in [-0.1, -0.05) is 54.6 Å². The van der Waals surface area contributed by atoms with Gasteiger partial charge in [-0.3, -0.25) is 4.55 Å². The molecule has 0 amide bonds. The highest BCUT2D eigenvalue weighted by molar-refractivity contribution is 7.85. The van der Waals surface area contributed by atoms with Crippen LogP contribution in [0.4, 0.5) is 0 Å². The Bertz CT molecular complexity index is 917. The van der Waals surface area contributed by atoms with Gasteiger partial charge in [-0.25, -0.2) is 4.57 Å². The smallest absolute Gasteiger partial charge is 0.269 e. The van der Waals surface area contributed by atoms with Gasteiger partial charge in [0.15, 0.2) is 12.4 Å². The van der Waals surface area contributed by atoms with Crippen molar-refractivity contribution in [3.05, 3.63) is 95.8 Å². The first kappa shape index (κ1) is 20.4. The van der Waals surface area contributed by atoms with Crippen molar-refractivity contribution >= 4 is 22.3 Å². The van der Waals surface area contributed by atoms with Gasteiger partial charge in [0.1, 0.15) is 18.6 Å². The van der Waals surface area contributed by atoms with Gasteiger partial charge in [0, 0.05) is 12.1 Å². The molecule has 0 bridgehead atoms. The first-order valence-electron chi connectivity index (χ1n) is 8.23. The van der Waals surface area contributed by atoms with E-state index < -0.39 is 10.1 Å². The van der Waals surface area contributed by atoms with Crippen molar-refractivity contribution in [2.45, 2.75) is 5.75 Å². The van der Waals surface area contributed by atoms with E-state index in [4.69, 9.17) is 9.66 Å². The summed E-state index contributed by atoms with van der Waals surface area (Å²) in [6.07, 6.45) is 8.09. The number of hydrogen-bond donors (Lipinski definition) is 2. The van der Waals surface area contributed by atoms with Crippen LogP contribution in [0.2, 0.25) is 0 Å². The van der Waals surface area contributed by atoms with Crippen molar-refractivity contribution in [2.24, 2.45) is 7.05 Å². The third-order valence-electron chi connectivity index (χ3n) is 3.56. The summed E-state index contributed by atoms with van der Waals surface area (Å²) in [5.41, 5.74) is 2.83. The number of hydrogen-bond acceptors (Lipinski definition) is 3. The van der Waals surface area contributed by atoms with Gasteiger partial charge in [0.25, 0.3) is 10.1 Å². The molecule has 0 radical (unpaired) electrons. The van der Waals surface area contributed by atoms with E-state index in [1.54, 1.807) is 42.5 Å². The molecule has 3 rings (SSSR count). The Morgan fingerprint density at radius 1 is 0.852 bits per heavy atom. The summed E-state index contributed by atoms with van der Waals surface area (Å²) in [5.74, 6) is -0.0164. The fraction of sp³-hybridized carbons (Fsp3) is 0.0952. The lowest BCUT2D eigenvalue weighted by Gasteiger charge is -1.95. The summed E-state index contributed by atoms with van der Waals surface area (Å²) < 4.78 is 31.2. The summed E-state index contributed by atoms with van der Waals surface area (Å²) in [7, 11) is -1.88. The Kier molecular flexibility index (Phi) is 7.28. The summed E-state index contributed by atoms with van der Waals surface area (Å²) in [6.45, 7) is 0. The Morgan fingerprint density at radius 3 is 1.89 bits per heavy atom. The third-order valence-corrected chi connectivity index (χ3v) is 4.26. The molecule has 0 atom stereocenters. The average molecular weight is 384 g/mol. The summed E-state index contributed by atoms with van der Waals surface area (Å²) in [5, 5.41) is 9.15. The van der Waals surface area contributed by atoms with Crippen LogP contribution in [-0.2, 0) is 22.9 Å². The molecule has 0 fully saturated rings. The first-order chi connectivity index (χ1) is 12.8. The van der Waals surface area contributed by atoms with Crippen molar-refractivity contribution in [1.29, 1.82) is 0 Å². The van der Waals surface area contributed by atoms with Crippen LogP contribution in [0, 0.1) is 0 Å². The number of rotatable bonds is 4. The molecule has 0 spiro atoms. The molecule has 1 aromatic heterocycles. The van der Waals surface area contributed by atoms with Crippen molar-refractivity contribution in [3.8, 4) is 5.75 Å². The normalized spacial score (nSPS) is 11.0. The van der Waals surface area contributed by atoms with Gasteiger partial charge in [-0.05, 0) is 28.8 Å². The lowest BCUT2D eigenvalue weighted by Crippen LogP contribution is -2.25. The molecule has 2 N–H and O–H groups in total. The molecule has 0 aliphatic carbocycles. The molecule has 0 aliphatic rings. The average Bonchev–Trinajstić information content (AvgIpc) is 2.63. The third kappa shape index (κ3) is 8.31. The minimum absolute atomic E-state index is 0.295. The molecule has 3 aromatic rings. The Morgan fingerprint density at radius 2 is 1.37 bits per heavy atom. The van der Waals surface area contributed by atoms with E-state index in [9.17, 15) is 8.42 Å². The topological polar surface area (TPSA) is 78.5 Å². The quantitative estimate of drug-likeness (QED) is 0.533. The van der Waals surface area contributed by atoms with Gasteiger partial charge in [-0.15, -0.1) is 0 Å². The van der Waals surface area contributed by atoms with E-state index in [0.717, 1.165) is 11.1 Å². The van der Waals surface area contributed by atoms with Crippen molar-refractivity contribution in [1.82, 2.24) is 0 Å². The second-order valence-electron chi connectivity index (χ2n) is 5.93. The zero-order valence-electron chi connectivity index (χ0n) is 14.9. The van der Waals surface area contributed by atoms with Gasteiger partial charge >= 0.3 is 0 Å². The van der Waals surface area contributed by atoms with Crippen LogP contribution in [0.1, 0.15) is 16.7 Å². The summed E-state index contributed by atoms with van der Waals surface area (Å²) >= 11 is 0. The Balaban J connectivity index is 0.000000208. The Labute approximate surface area is 159 Å². The van der Waals surface area contributed by atoms with Gasteiger partial charge < -0.3 is 5.11 Å². The van der Waals surface area contributed by atoms with Crippen molar-refractivity contribution in [3.63, 3.8) is 0 Å². The zero-order valence-corrected chi connectivity index (χ0v) is 15.8. The number of nitrogens with zero attached hydrogens (tertiary/aromatic N) is 1. The molecular weight excluding hydrogens is 362 g/mol. The molecule has 5 nitrogen and oxygen atoms in total. The second-order valence-corrected chi connectivity index (χ2v) is 7.39.